The van der Waals surface area contributed by atoms with Crippen LogP contribution >= 0.6 is 0 Å². The van der Waals surface area contributed by atoms with Crippen LogP contribution in [-0.4, -0.2) is 17.8 Å². The zero-order chi connectivity index (χ0) is 15.9. The van der Waals surface area contributed by atoms with Crippen molar-refractivity contribution in [1.29, 1.82) is 0 Å². The first-order valence-electron chi connectivity index (χ1n) is 8.06. The Hall–Kier alpha value is -1.80. The van der Waals surface area contributed by atoms with Gasteiger partial charge >= 0.3 is 0 Å². The number of ether oxygens (including phenoxy) is 1. The van der Waals surface area contributed by atoms with Crippen molar-refractivity contribution in [3.05, 3.63) is 59.2 Å². The van der Waals surface area contributed by atoms with E-state index in [2.05, 4.69) is 32.6 Å². The Morgan fingerprint density at radius 3 is 2.86 bits per heavy atom. The molecule has 2 heteroatoms. The first-order valence-corrected chi connectivity index (χ1v) is 8.06. The van der Waals surface area contributed by atoms with Gasteiger partial charge in [-0.05, 0) is 43.4 Å². The molecule has 1 N–H and O–H groups in total. The summed E-state index contributed by atoms with van der Waals surface area (Å²) in [5, 5.41) is 9.82. The van der Waals surface area contributed by atoms with Gasteiger partial charge < -0.3 is 9.84 Å². The first-order chi connectivity index (χ1) is 10.6. The Kier molecular flexibility index (Phi) is 6.02. The van der Waals surface area contributed by atoms with E-state index in [0.29, 0.717) is 12.4 Å². The smallest absolute Gasteiger partial charge is 0.122 e. The van der Waals surface area contributed by atoms with E-state index in [1.165, 1.54) is 16.7 Å². The maximum Gasteiger partial charge on any atom is 0.122 e. The summed E-state index contributed by atoms with van der Waals surface area (Å²) in [6.45, 7) is 9.17. The molecule has 1 aromatic carbocycles. The molecule has 118 valence electrons. The Morgan fingerprint density at radius 2 is 2.14 bits per heavy atom. The van der Waals surface area contributed by atoms with E-state index in [9.17, 15) is 5.11 Å². The van der Waals surface area contributed by atoms with Gasteiger partial charge in [-0.15, -0.1) is 0 Å². The molecule has 1 atom stereocenters. The van der Waals surface area contributed by atoms with Crippen molar-refractivity contribution in [3.63, 3.8) is 0 Å². The Bertz CT molecular complexity index is 581. The van der Waals surface area contributed by atoms with Crippen LogP contribution in [0.15, 0.2) is 53.6 Å². The van der Waals surface area contributed by atoms with Gasteiger partial charge in [0.1, 0.15) is 5.75 Å². The van der Waals surface area contributed by atoms with Gasteiger partial charge in [0.15, 0.2) is 0 Å². The minimum atomic E-state index is 0.173. The zero-order valence-corrected chi connectivity index (χ0v) is 13.6. The summed E-state index contributed by atoms with van der Waals surface area (Å²) >= 11 is 0. The molecule has 1 aliphatic heterocycles. The largest absolute Gasteiger partial charge is 0.507 e. The molecule has 1 aliphatic rings. The molecule has 2 nitrogen and oxygen atoms in total. The van der Waals surface area contributed by atoms with Crippen molar-refractivity contribution in [2.45, 2.75) is 45.6 Å². The number of para-hydroxylation sites is 1. The van der Waals surface area contributed by atoms with Gasteiger partial charge in [-0.3, -0.25) is 0 Å². The van der Waals surface area contributed by atoms with Crippen LogP contribution in [-0.2, 0) is 4.74 Å². The highest BCUT2D eigenvalue weighted by atomic mass is 16.5. The number of rotatable bonds is 7. The van der Waals surface area contributed by atoms with E-state index in [0.717, 1.165) is 31.2 Å². The lowest BCUT2D eigenvalue weighted by atomic mass is 9.95. The molecule has 0 saturated heterocycles. The number of phenols is 1. The highest BCUT2D eigenvalue weighted by Crippen LogP contribution is 2.29. The fraction of sp³-hybridized carbons (Fsp3) is 0.400. The fourth-order valence-corrected chi connectivity index (χ4v) is 2.84. The molecule has 0 amide bonds. The standard InChI is InChI=1S/C20H26O2/c1-4-7-16(3)18-12-13-22-20(18)11-10-15(2)14-17-8-5-6-9-19(17)21/h5-6,8-9,12,14,20-21H,3-4,7,10-11,13H2,1-2H3/b15-14+. The van der Waals surface area contributed by atoms with E-state index in [1.54, 1.807) is 6.07 Å². The average Bonchev–Trinajstić information content (AvgIpc) is 2.96. The summed E-state index contributed by atoms with van der Waals surface area (Å²) in [5.41, 5.74) is 4.63. The van der Waals surface area contributed by atoms with Crippen molar-refractivity contribution in [3.8, 4) is 5.75 Å². The van der Waals surface area contributed by atoms with Crippen molar-refractivity contribution in [2.24, 2.45) is 0 Å². The van der Waals surface area contributed by atoms with Crippen molar-refractivity contribution >= 4 is 6.08 Å². The van der Waals surface area contributed by atoms with Crippen LogP contribution in [0.1, 0.15) is 45.1 Å². The number of aromatic hydroxyl groups is 1. The highest BCUT2D eigenvalue weighted by molar-refractivity contribution is 5.58. The molecule has 0 spiro atoms. The summed E-state index contributed by atoms with van der Waals surface area (Å²) in [5.74, 6) is 0.330. The van der Waals surface area contributed by atoms with Crippen LogP contribution < -0.4 is 0 Å². The molecular formula is C20H26O2. The molecule has 0 saturated carbocycles. The van der Waals surface area contributed by atoms with Gasteiger partial charge in [0, 0.05) is 5.56 Å². The molecule has 0 radical (unpaired) electrons. The number of hydrogen-bond donors (Lipinski definition) is 1. The zero-order valence-electron chi connectivity index (χ0n) is 13.6. The second-order valence-electron chi connectivity index (χ2n) is 5.92. The predicted molar refractivity (Wildman–Crippen MR) is 92.9 cm³/mol. The molecule has 0 aromatic heterocycles. The van der Waals surface area contributed by atoms with Crippen LogP contribution in [0.5, 0.6) is 5.75 Å². The molecule has 2 rings (SSSR count). The molecule has 22 heavy (non-hydrogen) atoms. The minimum Gasteiger partial charge on any atom is -0.507 e. The predicted octanol–water partition coefficient (Wildman–Crippen LogP) is 5.26. The Balaban J connectivity index is 1.94. The third-order valence-electron chi connectivity index (χ3n) is 4.05. The molecule has 0 bridgehead atoms. The van der Waals surface area contributed by atoms with Gasteiger partial charge in [0.05, 0.1) is 12.7 Å². The van der Waals surface area contributed by atoms with Crippen LogP contribution in [0.2, 0.25) is 0 Å². The van der Waals surface area contributed by atoms with Gasteiger partial charge in [0.25, 0.3) is 0 Å². The van der Waals surface area contributed by atoms with Crippen molar-refractivity contribution in [2.75, 3.05) is 6.61 Å². The summed E-state index contributed by atoms with van der Waals surface area (Å²) < 4.78 is 5.83. The summed E-state index contributed by atoms with van der Waals surface area (Å²) in [6.07, 6.45) is 8.47. The summed E-state index contributed by atoms with van der Waals surface area (Å²) in [7, 11) is 0. The molecule has 1 aromatic rings. The van der Waals surface area contributed by atoms with Crippen LogP contribution in [0, 0.1) is 0 Å². The van der Waals surface area contributed by atoms with Gasteiger partial charge in [0.2, 0.25) is 0 Å². The molecule has 0 fully saturated rings. The lowest BCUT2D eigenvalue weighted by Crippen LogP contribution is -2.11. The lowest BCUT2D eigenvalue weighted by Gasteiger charge is -2.16. The van der Waals surface area contributed by atoms with E-state index in [4.69, 9.17) is 4.74 Å². The fourth-order valence-electron chi connectivity index (χ4n) is 2.84. The van der Waals surface area contributed by atoms with E-state index >= 15 is 0 Å². The minimum absolute atomic E-state index is 0.173. The molecular weight excluding hydrogens is 272 g/mol. The number of allylic oxidation sites excluding steroid dienone is 1. The number of phenolic OH excluding ortho intramolecular Hbond substituents is 1. The van der Waals surface area contributed by atoms with E-state index < -0.39 is 0 Å². The normalized spacial score (nSPS) is 18.4. The third-order valence-corrected chi connectivity index (χ3v) is 4.05. The second kappa shape index (κ2) is 8.00. The topological polar surface area (TPSA) is 29.5 Å². The van der Waals surface area contributed by atoms with E-state index in [-0.39, 0.29) is 6.10 Å². The molecule has 0 aliphatic carbocycles. The quantitative estimate of drug-likeness (QED) is 0.744. The number of hydrogen-bond acceptors (Lipinski definition) is 2. The maximum atomic E-state index is 9.82. The second-order valence-corrected chi connectivity index (χ2v) is 5.92. The number of benzene rings is 1. The van der Waals surface area contributed by atoms with Gasteiger partial charge in [-0.25, -0.2) is 0 Å². The summed E-state index contributed by atoms with van der Waals surface area (Å²) in [6, 6.07) is 7.42. The maximum absolute atomic E-state index is 9.82. The van der Waals surface area contributed by atoms with Gasteiger partial charge in [-0.2, -0.15) is 0 Å². The monoisotopic (exact) mass is 298 g/mol. The average molecular weight is 298 g/mol. The molecule has 1 heterocycles. The van der Waals surface area contributed by atoms with Crippen LogP contribution in [0.25, 0.3) is 6.08 Å². The van der Waals surface area contributed by atoms with Gasteiger partial charge in [-0.1, -0.05) is 55.8 Å². The van der Waals surface area contributed by atoms with Crippen molar-refractivity contribution in [1.82, 2.24) is 0 Å². The van der Waals surface area contributed by atoms with Crippen LogP contribution in [0.4, 0.5) is 0 Å². The summed E-state index contributed by atoms with van der Waals surface area (Å²) in [4.78, 5) is 0. The van der Waals surface area contributed by atoms with Crippen LogP contribution in [0.3, 0.4) is 0 Å². The Labute approximate surface area is 133 Å². The SMILES string of the molecule is C=C(CCC)C1=CCOC1CC/C(C)=C/c1ccccc1O. The third kappa shape index (κ3) is 4.35. The Morgan fingerprint density at radius 1 is 1.36 bits per heavy atom. The molecule has 1 unspecified atom stereocenters. The highest BCUT2D eigenvalue weighted by Gasteiger charge is 2.21. The lowest BCUT2D eigenvalue weighted by molar-refractivity contribution is 0.116. The van der Waals surface area contributed by atoms with E-state index in [1.807, 2.05) is 18.2 Å². The first kappa shape index (κ1) is 16.6. The van der Waals surface area contributed by atoms with Crippen molar-refractivity contribution < 1.29 is 9.84 Å².